The summed E-state index contributed by atoms with van der Waals surface area (Å²) in [6.07, 6.45) is 0.843. The molecule has 1 unspecified atom stereocenters. The lowest BCUT2D eigenvalue weighted by atomic mass is 10.1. The molecule has 2 amide bonds. The maximum absolute atomic E-state index is 12.1. The first-order valence-corrected chi connectivity index (χ1v) is 6.57. The third-order valence-corrected chi connectivity index (χ3v) is 3.48. The summed E-state index contributed by atoms with van der Waals surface area (Å²) in [7, 11) is 0. The van der Waals surface area contributed by atoms with Crippen molar-refractivity contribution in [3.05, 3.63) is 32.8 Å². The quantitative estimate of drug-likeness (QED) is 0.433. The lowest BCUT2D eigenvalue weighted by Gasteiger charge is -2.23. The zero-order valence-electron chi connectivity index (χ0n) is 10.9. The second kappa shape index (κ2) is 5.96. The number of nitro benzene ring substituents is 1. The highest BCUT2D eigenvalue weighted by Gasteiger charge is 2.23. The van der Waals surface area contributed by atoms with E-state index in [1.807, 2.05) is 0 Å². The minimum Gasteiger partial charge on any atom is -0.392 e. The van der Waals surface area contributed by atoms with Crippen LogP contribution in [-0.4, -0.2) is 29.3 Å². The number of benzene rings is 1. The van der Waals surface area contributed by atoms with Crippen molar-refractivity contribution in [2.24, 2.45) is 0 Å². The van der Waals surface area contributed by atoms with E-state index in [1.54, 1.807) is 0 Å². The van der Waals surface area contributed by atoms with Crippen molar-refractivity contribution in [2.75, 3.05) is 12.3 Å². The molecule has 1 fully saturated rings. The molecule has 1 aliphatic heterocycles. The first-order valence-electron chi connectivity index (χ1n) is 6.19. The fourth-order valence-electron chi connectivity index (χ4n) is 2.01. The number of piperidine rings is 1. The Balaban J connectivity index is 2.16. The number of carbonyl (C=O) groups excluding carboxylic acids is 2. The molecule has 0 radical (unpaired) electrons. The van der Waals surface area contributed by atoms with Gasteiger partial charge in [0.25, 0.3) is 11.6 Å². The number of rotatable bonds is 3. The highest BCUT2D eigenvalue weighted by molar-refractivity contribution is 6.34. The fraction of sp³-hybridized carbons (Fsp3) is 0.333. The number of nitrogens with one attached hydrogen (secondary N) is 2. The lowest BCUT2D eigenvalue weighted by molar-refractivity contribution is -0.383. The van der Waals surface area contributed by atoms with Gasteiger partial charge >= 0.3 is 0 Å². The highest BCUT2D eigenvalue weighted by Crippen LogP contribution is 2.30. The van der Waals surface area contributed by atoms with Gasteiger partial charge < -0.3 is 16.4 Å². The van der Waals surface area contributed by atoms with E-state index in [4.69, 9.17) is 17.3 Å². The molecule has 8 nitrogen and oxygen atoms in total. The molecule has 0 bridgehead atoms. The van der Waals surface area contributed by atoms with Crippen molar-refractivity contribution in [1.82, 2.24) is 10.6 Å². The van der Waals surface area contributed by atoms with Crippen LogP contribution in [0.25, 0.3) is 0 Å². The van der Waals surface area contributed by atoms with Crippen LogP contribution in [0.15, 0.2) is 12.1 Å². The molecule has 0 aromatic heterocycles. The lowest BCUT2D eigenvalue weighted by Crippen LogP contribution is -2.47. The molecule has 0 saturated carbocycles. The van der Waals surface area contributed by atoms with Crippen LogP contribution < -0.4 is 16.4 Å². The van der Waals surface area contributed by atoms with Crippen molar-refractivity contribution in [3.63, 3.8) is 0 Å². The Bertz CT molecular complexity index is 610. The summed E-state index contributed by atoms with van der Waals surface area (Å²) < 4.78 is 0. The monoisotopic (exact) mass is 312 g/mol. The molecule has 1 atom stereocenters. The van der Waals surface area contributed by atoms with Gasteiger partial charge in [-0.25, -0.2) is 0 Å². The largest absolute Gasteiger partial charge is 0.392 e. The molecule has 1 saturated heterocycles. The molecule has 1 aromatic carbocycles. The van der Waals surface area contributed by atoms with E-state index in [-0.39, 0.29) is 28.2 Å². The first-order chi connectivity index (χ1) is 9.88. The van der Waals surface area contributed by atoms with Gasteiger partial charge in [-0.05, 0) is 12.5 Å². The molecule has 1 aliphatic rings. The number of nitrogen functional groups attached to an aromatic ring is 1. The smallest absolute Gasteiger partial charge is 0.294 e. The van der Waals surface area contributed by atoms with Gasteiger partial charge in [-0.3, -0.25) is 19.7 Å². The Hall–Kier alpha value is -2.35. The maximum Gasteiger partial charge on any atom is 0.294 e. The highest BCUT2D eigenvalue weighted by atomic mass is 35.5. The number of nitro groups is 1. The summed E-state index contributed by atoms with van der Waals surface area (Å²) in [5.41, 5.74) is 4.96. The average Bonchev–Trinajstić information content (AvgIpc) is 2.43. The molecular formula is C12H13ClN4O4. The van der Waals surface area contributed by atoms with Gasteiger partial charge in [-0.2, -0.15) is 0 Å². The zero-order valence-corrected chi connectivity index (χ0v) is 11.6. The van der Waals surface area contributed by atoms with Crippen LogP contribution >= 0.6 is 11.6 Å². The number of amides is 2. The van der Waals surface area contributed by atoms with E-state index in [0.717, 1.165) is 6.07 Å². The minimum absolute atomic E-state index is 0.0497. The molecule has 1 heterocycles. The predicted molar refractivity (Wildman–Crippen MR) is 76.0 cm³/mol. The number of carbonyl (C=O) groups is 2. The van der Waals surface area contributed by atoms with E-state index < -0.39 is 16.5 Å². The topological polar surface area (TPSA) is 127 Å². The van der Waals surface area contributed by atoms with Gasteiger partial charge in [0.1, 0.15) is 5.69 Å². The summed E-state index contributed by atoms with van der Waals surface area (Å²) in [6, 6.07) is 2.14. The molecule has 112 valence electrons. The Morgan fingerprint density at radius 1 is 1.52 bits per heavy atom. The summed E-state index contributed by atoms with van der Waals surface area (Å²) >= 11 is 5.80. The van der Waals surface area contributed by atoms with Crippen molar-refractivity contribution >= 4 is 34.8 Å². The molecule has 21 heavy (non-hydrogen) atoms. The van der Waals surface area contributed by atoms with Crippen LogP contribution in [0.5, 0.6) is 0 Å². The molecule has 0 aliphatic carbocycles. The average molecular weight is 313 g/mol. The van der Waals surface area contributed by atoms with Crippen molar-refractivity contribution in [1.29, 1.82) is 0 Å². The van der Waals surface area contributed by atoms with Crippen LogP contribution in [0.3, 0.4) is 0 Å². The number of nitrogens with two attached hydrogens (primary N) is 1. The molecule has 9 heteroatoms. The molecule has 4 N–H and O–H groups in total. The molecule has 0 spiro atoms. The van der Waals surface area contributed by atoms with Crippen molar-refractivity contribution in [3.8, 4) is 0 Å². The molecule has 2 rings (SSSR count). The van der Waals surface area contributed by atoms with Gasteiger partial charge in [0, 0.05) is 30.6 Å². The number of halogens is 1. The summed E-state index contributed by atoms with van der Waals surface area (Å²) in [5.74, 6) is -0.562. The van der Waals surface area contributed by atoms with E-state index in [1.165, 1.54) is 6.07 Å². The maximum atomic E-state index is 12.1. The van der Waals surface area contributed by atoms with Crippen LogP contribution in [0, 0.1) is 10.1 Å². The van der Waals surface area contributed by atoms with E-state index >= 15 is 0 Å². The van der Waals surface area contributed by atoms with E-state index in [9.17, 15) is 19.7 Å². The summed E-state index contributed by atoms with van der Waals surface area (Å²) in [4.78, 5) is 33.3. The standard InChI is InChI=1S/C12H13ClN4O4/c13-8-3-6(4-9(11(8)14)17(20)21)12(19)16-7-1-2-10(18)15-5-7/h3-4,7H,1-2,5,14H2,(H,15,18)(H,16,19). The number of anilines is 1. The second-order valence-corrected chi connectivity index (χ2v) is 5.07. The van der Waals surface area contributed by atoms with Crippen LogP contribution in [0.4, 0.5) is 11.4 Å². The van der Waals surface area contributed by atoms with Crippen LogP contribution in [-0.2, 0) is 4.79 Å². The Labute approximate surface area is 124 Å². The Morgan fingerprint density at radius 3 is 2.81 bits per heavy atom. The van der Waals surface area contributed by atoms with Crippen LogP contribution in [0.2, 0.25) is 5.02 Å². The van der Waals surface area contributed by atoms with Crippen LogP contribution in [0.1, 0.15) is 23.2 Å². The van der Waals surface area contributed by atoms with Gasteiger partial charge in [0.05, 0.1) is 9.95 Å². The summed E-state index contributed by atoms with van der Waals surface area (Å²) in [6.45, 7) is 0.329. The normalized spacial score (nSPS) is 18.0. The van der Waals surface area contributed by atoms with Gasteiger partial charge in [0.2, 0.25) is 5.91 Å². The van der Waals surface area contributed by atoms with Gasteiger partial charge in [-0.1, -0.05) is 11.6 Å². The number of hydrogen-bond acceptors (Lipinski definition) is 5. The van der Waals surface area contributed by atoms with Crippen molar-refractivity contribution in [2.45, 2.75) is 18.9 Å². The predicted octanol–water partition coefficient (Wildman–Crippen LogP) is 0.839. The minimum atomic E-state index is -0.696. The van der Waals surface area contributed by atoms with Gasteiger partial charge in [0.15, 0.2) is 0 Å². The number of nitrogens with zero attached hydrogens (tertiary/aromatic N) is 1. The molecular weight excluding hydrogens is 300 g/mol. The zero-order chi connectivity index (χ0) is 15.6. The first kappa shape index (κ1) is 15.0. The third-order valence-electron chi connectivity index (χ3n) is 3.17. The Kier molecular flexibility index (Phi) is 4.27. The summed E-state index contributed by atoms with van der Waals surface area (Å²) in [5, 5.41) is 16.1. The van der Waals surface area contributed by atoms with E-state index in [0.29, 0.717) is 19.4 Å². The number of hydrogen-bond donors (Lipinski definition) is 3. The third kappa shape index (κ3) is 3.40. The second-order valence-electron chi connectivity index (χ2n) is 4.66. The molecule has 1 aromatic rings. The van der Waals surface area contributed by atoms with Crippen molar-refractivity contribution < 1.29 is 14.5 Å². The fourth-order valence-corrected chi connectivity index (χ4v) is 2.22. The Morgan fingerprint density at radius 2 is 2.24 bits per heavy atom. The van der Waals surface area contributed by atoms with Gasteiger partial charge in [-0.15, -0.1) is 0 Å². The SMILES string of the molecule is Nc1c(Cl)cc(C(=O)NC2CCC(=O)NC2)cc1[N+](=O)[O-]. The van der Waals surface area contributed by atoms with E-state index in [2.05, 4.69) is 10.6 Å².